The zero-order valence-corrected chi connectivity index (χ0v) is 10.9. The maximum atomic E-state index is 11.8. The number of carbonyl (C=O) groups is 2. The van der Waals surface area contributed by atoms with Crippen LogP contribution in [0.2, 0.25) is 0 Å². The van der Waals surface area contributed by atoms with Gasteiger partial charge < -0.3 is 10.4 Å². The van der Waals surface area contributed by atoms with Crippen LogP contribution in [0.15, 0.2) is 16.9 Å². The highest BCUT2D eigenvalue weighted by Gasteiger charge is 2.19. The molecule has 0 saturated heterocycles. The Morgan fingerprint density at radius 1 is 1.42 bits per heavy atom. The molecule has 0 radical (unpaired) electrons. The first-order chi connectivity index (χ1) is 8.99. The van der Waals surface area contributed by atoms with Gasteiger partial charge in [-0.2, -0.15) is 5.10 Å². The van der Waals surface area contributed by atoms with E-state index in [9.17, 15) is 14.4 Å². The van der Waals surface area contributed by atoms with E-state index in [1.165, 1.54) is 16.8 Å². The minimum absolute atomic E-state index is 0.0350. The summed E-state index contributed by atoms with van der Waals surface area (Å²) in [5, 5.41) is 15.1. The molecule has 1 heterocycles. The summed E-state index contributed by atoms with van der Waals surface area (Å²) in [6.45, 7) is 3.96. The number of rotatable bonds is 6. The molecule has 19 heavy (non-hydrogen) atoms. The van der Waals surface area contributed by atoms with Crippen LogP contribution < -0.4 is 10.9 Å². The number of amides is 1. The fraction of sp³-hybridized carbons (Fsp3) is 0.500. The fourth-order valence-corrected chi connectivity index (χ4v) is 1.51. The van der Waals surface area contributed by atoms with Crippen LogP contribution in [0.3, 0.4) is 0 Å². The zero-order chi connectivity index (χ0) is 14.4. The number of nitrogens with one attached hydrogen (secondary N) is 1. The molecule has 1 aromatic rings. The van der Waals surface area contributed by atoms with Crippen LogP contribution in [0.1, 0.15) is 37.2 Å². The van der Waals surface area contributed by atoms with Crippen molar-refractivity contribution in [3.63, 3.8) is 0 Å². The summed E-state index contributed by atoms with van der Waals surface area (Å²) in [6.07, 6.45) is 0.986. The van der Waals surface area contributed by atoms with Crippen molar-refractivity contribution in [2.75, 3.05) is 0 Å². The molecule has 7 nitrogen and oxygen atoms in total. The maximum Gasteiger partial charge on any atom is 0.326 e. The Balaban J connectivity index is 2.91. The molecule has 1 unspecified atom stereocenters. The van der Waals surface area contributed by atoms with E-state index < -0.39 is 17.9 Å². The molecular weight excluding hydrogens is 250 g/mol. The fourth-order valence-electron chi connectivity index (χ4n) is 1.51. The van der Waals surface area contributed by atoms with Gasteiger partial charge in [-0.15, -0.1) is 0 Å². The van der Waals surface area contributed by atoms with E-state index in [0.29, 0.717) is 13.0 Å². The lowest BCUT2D eigenvalue weighted by atomic mass is 10.2. The summed E-state index contributed by atoms with van der Waals surface area (Å²) < 4.78 is 1.19. The summed E-state index contributed by atoms with van der Waals surface area (Å²) >= 11 is 0. The molecule has 2 N–H and O–H groups in total. The van der Waals surface area contributed by atoms with Crippen molar-refractivity contribution in [2.24, 2.45) is 0 Å². The number of carbonyl (C=O) groups excluding carboxylic acids is 1. The van der Waals surface area contributed by atoms with E-state index in [-0.39, 0.29) is 17.7 Å². The van der Waals surface area contributed by atoms with E-state index >= 15 is 0 Å². The summed E-state index contributed by atoms with van der Waals surface area (Å²) in [6, 6.07) is 1.58. The van der Waals surface area contributed by atoms with Gasteiger partial charge in [-0.1, -0.05) is 13.8 Å². The Morgan fingerprint density at radius 2 is 2.11 bits per heavy atom. The highest BCUT2D eigenvalue weighted by Crippen LogP contribution is 1.96. The molecule has 104 valence electrons. The third-order valence-corrected chi connectivity index (χ3v) is 2.55. The zero-order valence-electron chi connectivity index (χ0n) is 10.9. The summed E-state index contributed by atoms with van der Waals surface area (Å²) in [5.74, 6) is -1.70. The number of carboxylic acid groups (broad SMARTS) is 1. The average molecular weight is 267 g/mol. The van der Waals surface area contributed by atoms with Crippen molar-refractivity contribution in [1.82, 2.24) is 15.1 Å². The number of aryl methyl sites for hydroxylation is 1. The van der Waals surface area contributed by atoms with Gasteiger partial charge in [-0.3, -0.25) is 9.59 Å². The van der Waals surface area contributed by atoms with Gasteiger partial charge in [0, 0.05) is 12.6 Å². The first-order valence-corrected chi connectivity index (χ1v) is 6.11. The molecule has 1 rings (SSSR count). The standard InChI is InChI=1S/C12H17N3O4/c1-3-7-15-10(16)6-5-9(14-15)11(17)13-8(4-2)12(18)19/h5-6,8H,3-4,7H2,1-2H3,(H,13,17)(H,18,19). The van der Waals surface area contributed by atoms with E-state index in [1.807, 2.05) is 6.92 Å². The minimum Gasteiger partial charge on any atom is -0.480 e. The normalized spacial score (nSPS) is 11.9. The molecule has 1 amide bonds. The number of hydrogen-bond donors (Lipinski definition) is 2. The first-order valence-electron chi connectivity index (χ1n) is 6.11. The van der Waals surface area contributed by atoms with Gasteiger partial charge in [0.15, 0.2) is 0 Å². The number of aromatic nitrogens is 2. The predicted octanol–water partition coefficient (Wildman–Crippen LogP) is 0.246. The molecule has 0 fully saturated rings. The molecule has 1 aromatic heterocycles. The molecular formula is C12H17N3O4. The van der Waals surface area contributed by atoms with Crippen molar-refractivity contribution < 1.29 is 14.7 Å². The second-order valence-corrected chi connectivity index (χ2v) is 4.05. The number of carboxylic acids is 1. The molecule has 0 bridgehead atoms. The lowest BCUT2D eigenvalue weighted by Gasteiger charge is -2.12. The number of hydrogen-bond acceptors (Lipinski definition) is 4. The number of nitrogens with zero attached hydrogens (tertiary/aromatic N) is 2. The van der Waals surface area contributed by atoms with Gasteiger partial charge in [0.2, 0.25) is 0 Å². The molecule has 0 saturated carbocycles. The van der Waals surface area contributed by atoms with Gasteiger partial charge in [0.25, 0.3) is 11.5 Å². The van der Waals surface area contributed by atoms with Gasteiger partial charge >= 0.3 is 5.97 Å². The van der Waals surface area contributed by atoms with E-state index in [1.54, 1.807) is 6.92 Å². The van der Waals surface area contributed by atoms with E-state index in [4.69, 9.17) is 5.11 Å². The Labute approximate surface area is 110 Å². The van der Waals surface area contributed by atoms with Crippen LogP contribution >= 0.6 is 0 Å². The molecule has 0 aliphatic carbocycles. The monoisotopic (exact) mass is 267 g/mol. The Bertz CT molecular complexity index is 524. The topological polar surface area (TPSA) is 101 Å². The van der Waals surface area contributed by atoms with E-state index in [0.717, 1.165) is 0 Å². The van der Waals surface area contributed by atoms with Crippen molar-refractivity contribution in [2.45, 2.75) is 39.3 Å². The van der Waals surface area contributed by atoms with Crippen LogP contribution in [-0.4, -0.2) is 32.8 Å². The summed E-state index contributed by atoms with van der Waals surface area (Å²) in [5.41, 5.74) is -0.253. The highest BCUT2D eigenvalue weighted by atomic mass is 16.4. The minimum atomic E-state index is -1.10. The summed E-state index contributed by atoms with van der Waals surface area (Å²) in [7, 11) is 0. The summed E-state index contributed by atoms with van der Waals surface area (Å²) in [4.78, 5) is 34.1. The lowest BCUT2D eigenvalue weighted by molar-refractivity contribution is -0.139. The van der Waals surface area contributed by atoms with Crippen LogP contribution in [0.25, 0.3) is 0 Å². The van der Waals surface area contributed by atoms with Crippen molar-refractivity contribution in [1.29, 1.82) is 0 Å². The van der Waals surface area contributed by atoms with Crippen molar-refractivity contribution in [3.8, 4) is 0 Å². The molecule has 0 spiro atoms. The van der Waals surface area contributed by atoms with Gasteiger partial charge in [-0.05, 0) is 18.9 Å². The van der Waals surface area contributed by atoms with Crippen LogP contribution in [-0.2, 0) is 11.3 Å². The first kappa shape index (κ1) is 14.9. The smallest absolute Gasteiger partial charge is 0.326 e. The van der Waals surface area contributed by atoms with Gasteiger partial charge in [0.05, 0.1) is 0 Å². The second-order valence-electron chi connectivity index (χ2n) is 4.05. The van der Waals surface area contributed by atoms with Crippen molar-refractivity contribution in [3.05, 3.63) is 28.2 Å². The predicted molar refractivity (Wildman–Crippen MR) is 68.0 cm³/mol. The SMILES string of the molecule is CCCn1nc(C(=O)NC(CC)C(=O)O)ccc1=O. The van der Waals surface area contributed by atoms with Crippen LogP contribution in [0, 0.1) is 0 Å². The Kier molecular flexibility index (Phi) is 5.23. The van der Waals surface area contributed by atoms with E-state index in [2.05, 4.69) is 10.4 Å². The molecule has 1 atom stereocenters. The maximum absolute atomic E-state index is 11.8. The third kappa shape index (κ3) is 3.90. The van der Waals surface area contributed by atoms with Gasteiger partial charge in [0.1, 0.15) is 11.7 Å². The lowest BCUT2D eigenvalue weighted by Crippen LogP contribution is -2.41. The third-order valence-electron chi connectivity index (χ3n) is 2.55. The Hall–Kier alpha value is -2.18. The quantitative estimate of drug-likeness (QED) is 0.769. The second kappa shape index (κ2) is 6.67. The molecule has 0 aliphatic heterocycles. The Morgan fingerprint density at radius 3 is 2.63 bits per heavy atom. The highest BCUT2D eigenvalue weighted by molar-refractivity contribution is 5.94. The molecule has 0 aliphatic rings. The van der Waals surface area contributed by atoms with Crippen molar-refractivity contribution >= 4 is 11.9 Å². The molecule has 0 aromatic carbocycles. The molecule has 7 heteroatoms. The number of aliphatic carboxylic acids is 1. The van der Waals surface area contributed by atoms with Crippen LogP contribution in [0.5, 0.6) is 0 Å². The largest absolute Gasteiger partial charge is 0.480 e. The van der Waals surface area contributed by atoms with Gasteiger partial charge in [-0.25, -0.2) is 9.48 Å². The van der Waals surface area contributed by atoms with Crippen LogP contribution in [0.4, 0.5) is 0 Å². The average Bonchev–Trinajstić information content (AvgIpc) is 2.38.